The van der Waals surface area contributed by atoms with E-state index in [1.54, 1.807) is 12.4 Å². The number of benzene rings is 2. The highest BCUT2D eigenvalue weighted by molar-refractivity contribution is 9.10. The molecular formula is C21H15BrN4O2. The van der Waals surface area contributed by atoms with Gasteiger partial charge >= 0.3 is 5.97 Å². The Bertz CT molecular complexity index is 1040. The zero-order valence-electron chi connectivity index (χ0n) is 14.6. The average molecular weight is 435 g/mol. The van der Waals surface area contributed by atoms with Crippen molar-refractivity contribution in [1.29, 1.82) is 0 Å². The summed E-state index contributed by atoms with van der Waals surface area (Å²) >= 11 is 3.42. The number of ether oxygens (including phenoxy) is 1. The molecule has 0 fully saturated rings. The number of pyridine rings is 1. The maximum atomic E-state index is 12.7. The summed E-state index contributed by atoms with van der Waals surface area (Å²) in [5, 5.41) is 8.00. The number of hydrogen-bond donors (Lipinski definition) is 0. The molecule has 1 atom stereocenters. The largest absolute Gasteiger partial charge is 0.446 e. The van der Waals surface area contributed by atoms with Gasteiger partial charge in [0.15, 0.2) is 11.8 Å². The summed E-state index contributed by atoms with van der Waals surface area (Å²) in [6, 6.07) is 22.5. The zero-order valence-corrected chi connectivity index (χ0v) is 16.2. The molecule has 0 aliphatic rings. The van der Waals surface area contributed by atoms with E-state index in [0.717, 1.165) is 15.7 Å². The molecule has 0 saturated carbocycles. The second-order valence-electron chi connectivity index (χ2n) is 5.98. The van der Waals surface area contributed by atoms with Crippen LogP contribution in [0.1, 0.15) is 27.8 Å². The zero-order chi connectivity index (χ0) is 19.3. The van der Waals surface area contributed by atoms with Crippen molar-refractivity contribution >= 4 is 21.9 Å². The molecule has 0 aliphatic heterocycles. The molecule has 4 aromatic rings. The lowest BCUT2D eigenvalue weighted by Crippen LogP contribution is -2.14. The van der Waals surface area contributed by atoms with E-state index in [1.165, 1.54) is 4.68 Å². The Morgan fingerprint density at radius 1 is 1.00 bits per heavy atom. The second kappa shape index (κ2) is 8.14. The molecule has 0 radical (unpaired) electrons. The molecule has 7 heteroatoms. The van der Waals surface area contributed by atoms with Gasteiger partial charge in [0.2, 0.25) is 0 Å². The van der Waals surface area contributed by atoms with Crippen LogP contribution in [0.15, 0.2) is 89.7 Å². The first kappa shape index (κ1) is 18.1. The molecule has 2 heterocycles. The van der Waals surface area contributed by atoms with E-state index in [4.69, 9.17) is 4.74 Å². The van der Waals surface area contributed by atoms with E-state index in [0.29, 0.717) is 5.69 Å². The molecule has 0 saturated heterocycles. The van der Waals surface area contributed by atoms with Crippen molar-refractivity contribution in [3.63, 3.8) is 0 Å². The molecular weight excluding hydrogens is 420 g/mol. The van der Waals surface area contributed by atoms with Crippen LogP contribution in [0, 0.1) is 0 Å². The minimum absolute atomic E-state index is 0.122. The molecule has 0 spiro atoms. The first-order valence-electron chi connectivity index (χ1n) is 8.56. The number of esters is 1. The first-order chi connectivity index (χ1) is 13.7. The molecule has 0 aliphatic carbocycles. The number of carbonyl (C=O) groups excluding carboxylic acids is 1. The molecule has 0 amide bonds. The van der Waals surface area contributed by atoms with Crippen LogP contribution in [-0.4, -0.2) is 25.9 Å². The van der Waals surface area contributed by atoms with Gasteiger partial charge in [-0.05, 0) is 35.9 Å². The van der Waals surface area contributed by atoms with Crippen LogP contribution in [-0.2, 0) is 4.74 Å². The topological polar surface area (TPSA) is 69.9 Å². The third-order valence-electron chi connectivity index (χ3n) is 4.06. The lowest BCUT2D eigenvalue weighted by molar-refractivity contribution is 0.0363. The van der Waals surface area contributed by atoms with Crippen molar-refractivity contribution in [2.24, 2.45) is 0 Å². The lowest BCUT2D eigenvalue weighted by atomic mass is 10.1. The molecule has 0 unspecified atom stereocenters. The van der Waals surface area contributed by atoms with E-state index in [9.17, 15) is 4.79 Å². The first-order valence-corrected chi connectivity index (χ1v) is 9.35. The molecule has 6 nitrogen and oxygen atoms in total. The van der Waals surface area contributed by atoms with Crippen molar-refractivity contribution in [2.45, 2.75) is 6.10 Å². The Hall–Kier alpha value is -3.32. The van der Waals surface area contributed by atoms with Gasteiger partial charge < -0.3 is 4.74 Å². The van der Waals surface area contributed by atoms with Gasteiger partial charge in [0.1, 0.15) is 0 Å². The van der Waals surface area contributed by atoms with Crippen molar-refractivity contribution in [2.75, 3.05) is 0 Å². The van der Waals surface area contributed by atoms with E-state index < -0.39 is 12.1 Å². The van der Waals surface area contributed by atoms with Crippen molar-refractivity contribution in [3.05, 3.63) is 107 Å². The minimum Gasteiger partial charge on any atom is -0.446 e. The van der Waals surface area contributed by atoms with Crippen LogP contribution in [0.5, 0.6) is 0 Å². The number of nitrogens with zero attached hydrogens (tertiary/aromatic N) is 4. The van der Waals surface area contributed by atoms with E-state index in [1.807, 2.05) is 72.8 Å². The van der Waals surface area contributed by atoms with E-state index >= 15 is 0 Å². The molecule has 0 bridgehead atoms. The van der Waals surface area contributed by atoms with Gasteiger partial charge in [0.25, 0.3) is 0 Å². The molecule has 0 N–H and O–H groups in total. The third-order valence-corrected chi connectivity index (χ3v) is 4.55. The predicted molar refractivity (Wildman–Crippen MR) is 107 cm³/mol. The van der Waals surface area contributed by atoms with Gasteiger partial charge in [-0.1, -0.05) is 63.6 Å². The fourth-order valence-electron chi connectivity index (χ4n) is 2.73. The normalized spacial score (nSPS) is 11.8. The summed E-state index contributed by atoms with van der Waals surface area (Å²) in [5.41, 5.74) is 2.37. The summed E-state index contributed by atoms with van der Waals surface area (Å²) < 4.78 is 8.19. The minimum atomic E-state index is -0.633. The summed E-state index contributed by atoms with van der Waals surface area (Å²) in [6.07, 6.45) is 2.58. The predicted octanol–water partition coefficient (Wildman–Crippen LogP) is 4.37. The fraction of sp³-hybridized carbons (Fsp3) is 0.0476. The standard InChI is InChI=1S/C21H15BrN4O2/c22-16-9-6-10-17(13-16)26-14-19(24-25-26)21(27)28-20(15-7-2-1-3-8-15)18-11-4-5-12-23-18/h1-14,20H/t20-/m0/s1. The highest BCUT2D eigenvalue weighted by atomic mass is 79.9. The number of aromatic nitrogens is 4. The van der Waals surface area contributed by atoms with E-state index in [-0.39, 0.29) is 5.69 Å². The summed E-state index contributed by atoms with van der Waals surface area (Å²) in [4.78, 5) is 17.1. The summed E-state index contributed by atoms with van der Waals surface area (Å²) in [7, 11) is 0. The highest BCUT2D eigenvalue weighted by Gasteiger charge is 2.23. The summed E-state index contributed by atoms with van der Waals surface area (Å²) in [6.45, 7) is 0. The Morgan fingerprint density at radius 3 is 2.57 bits per heavy atom. The molecule has 2 aromatic heterocycles. The molecule has 138 valence electrons. The van der Waals surface area contributed by atoms with Gasteiger partial charge in [-0.25, -0.2) is 9.48 Å². The number of hydrogen-bond acceptors (Lipinski definition) is 5. The lowest BCUT2D eigenvalue weighted by Gasteiger charge is -2.17. The number of carbonyl (C=O) groups is 1. The van der Waals surface area contributed by atoms with Crippen molar-refractivity contribution in [1.82, 2.24) is 20.0 Å². The quantitative estimate of drug-likeness (QED) is 0.436. The average Bonchev–Trinajstić information content (AvgIpc) is 3.24. The van der Waals surface area contributed by atoms with Gasteiger partial charge in [-0.15, -0.1) is 5.10 Å². The smallest absolute Gasteiger partial charge is 0.361 e. The van der Waals surface area contributed by atoms with Crippen LogP contribution in [0.4, 0.5) is 0 Å². The Balaban J connectivity index is 1.60. The maximum Gasteiger partial charge on any atom is 0.361 e. The van der Waals surface area contributed by atoms with Gasteiger partial charge in [-0.3, -0.25) is 4.98 Å². The van der Waals surface area contributed by atoms with Gasteiger partial charge in [-0.2, -0.15) is 0 Å². The van der Waals surface area contributed by atoms with Crippen molar-refractivity contribution in [3.8, 4) is 5.69 Å². The van der Waals surface area contributed by atoms with Gasteiger partial charge in [0, 0.05) is 10.7 Å². The molecule has 28 heavy (non-hydrogen) atoms. The third kappa shape index (κ3) is 3.99. The maximum absolute atomic E-state index is 12.7. The second-order valence-corrected chi connectivity index (χ2v) is 6.89. The van der Waals surface area contributed by atoms with Gasteiger partial charge in [0.05, 0.1) is 17.6 Å². The van der Waals surface area contributed by atoms with Crippen LogP contribution in [0.2, 0.25) is 0 Å². The number of rotatable bonds is 5. The Kier molecular flexibility index (Phi) is 5.25. The van der Waals surface area contributed by atoms with Crippen LogP contribution >= 0.6 is 15.9 Å². The SMILES string of the molecule is O=C(O[C@@H](c1ccccc1)c1ccccn1)c1cn(-c2cccc(Br)c2)nn1. The molecule has 2 aromatic carbocycles. The number of halogens is 1. The van der Waals surface area contributed by atoms with Crippen LogP contribution < -0.4 is 0 Å². The monoisotopic (exact) mass is 434 g/mol. The Morgan fingerprint density at radius 2 is 1.82 bits per heavy atom. The summed E-state index contributed by atoms with van der Waals surface area (Å²) in [5.74, 6) is -0.569. The van der Waals surface area contributed by atoms with E-state index in [2.05, 4.69) is 31.2 Å². The van der Waals surface area contributed by atoms with Crippen molar-refractivity contribution < 1.29 is 9.53 Å². The van der Waals surface area contributed by atoms with Crippen LogP contribution in [0.3, 0.4) is 0 Å². The Labute approximate surface area is 169 Å². The highest BCUT2D eigenvalue weighted by Crippen LogP contribution is 2.25. The van der Waals surface area contributed by atoms with Crippen LogP contribution in [0.25, 0.3) is 5.69 Å². The fourth-order valence-corrected chi connectivity index (χ4v) is 3.11. The molecule has 4 rings (SSSR count).